The zero-order valence-corrected chi connectivity index (χ0v) is 21.6. The number of amides is 2. The number of methoxy groups -OCH3 is 1. The van der Waals surface area contributed by atoms with Gasteiger partial charge in [0, 0.05) is 12.6 Å². The van der Waals surface area contributed by atoms with E-state index in [2.05, 4.69) is 5.32 Å². The molecule has 0 saturated carbocycles. The summed E-state index contributed by atoms with van der Waals surface area (Å²) in [5.41, 5.74) is 0.739. The molecular weight excluding hydrogens is 473 g/mol. The van der Waals surface area contributed by atoms with Crippen molar-refractivity contribution in [1.29, 1.82) is 0 Å². The fraction of sp³-hybridized carbons (Fsp3) is 0.440. The van der Waals surface area contributed by atoms with Gasteiger partial charge in [0.15, 0.2) is 0 Å². The molecule has 0 fully saturated rings. The second-order valence-electron chi connectivity index (χ2n) is 8.36. The Hall–Kier alpha value is -3.14. The minimum absolute atomic E-state index is 0.0271. The number of halogens is 1. The first-order chi connectivity index (χ1) is 16.5. The van der Waals surface area contributed by atoms with E-state index in [1.165, 1.54) is 30.2 Å². The van der Waals surface area contributed by atoms with Gasteiger partial charge >= 0.3 is 0 Å². The molecule has 0 aliphatic rings. The SMILES string of the molecule is CCC(C)NC(=O)C(CC)N(Cc1cccc(OC)c1)C(=O)CN(c1cccc(F)c1)S(C)(=O)=O. The standard InChI is InChI=1S/C25H34FN3O5S/c1-6-18(3)27-25(31)23(7-2)28(16-19-10-8-13-22(14-19)34-4)24(30)17-29(35(5,32)33)21-12-9-11-20(26)15-21/h8-15,18,23H,6-7,16-17H2,1-5H3,(H,27,31). The topological polar surface area (TPSA) is 96.0 Å². The van der Waals surface area contributed by atoms with Crippen molar-refractivity contribution < 1.29 is 27.1 Å². The minimum atomic E-state index is -3.92. The molecule has 10 heteroatoms. The van der Waals surface area contributed by atoms with Crippen LogP contribution in [0, 0.1) is 5.82 Å². The van der Waals surface area contributed by atoms with Gasteiger partial charge in [-0.1, -0.05) is 32.0 Å². The van der Waals surface area contributed by atoms with Gasteiger partial charge in [0.1, 0.15) is 24.2 Å². The second-order valence-corrected chi connectivity index (χ2v) is 10.3. The number of hydrogen-bond donors (Lipinski definition) is 1. The van der Waals surface area contributed by atoms with Crippen molar-refractivity contribution in [3.63, 3.8) is 0 Å². The molecule has 2 aromatic carbocycles. The second kappa shape index (κ2) is 12.5. The third-order valence-electron chi connectivity index (χ3n) is 5.65. The zero-order chi connectivity index (χ0) is 26.2. The van der Waals surface area contributed by atoms with Gasteiger partial charge in [0.2, 0.25) is 21.8 Å². The first kappa shape index (κ1) is 28.1. The van der Waals surface area contributed by atoms with Crippen molar-refractivity contribution in [3.05, 3.63) is 59.9 Å². The zero-order valence-electron chi connectivity index (χ0n) is 20.8. The molecule has 8 nitrogen and oxygen atoms in total. The molecule has 0 spiro atoms. The number of carbonyl (C=O) groups excluding carboxylic acids is 2. The van der Waals surface area contributed by atoms with Crippen molar-refractivity contribution >= 4 is 27.5 Å². The first-order valence-electron chi connectivity index (χ1n) is 11.5. The molecule has 0 aromatic heterocycles. The predicted octanol–water partition coefficient (Wildman–Crippen LogP) is 3.32. The van der Waals surface area contributed by atoms with Crippen molar-refractivity contribution in [1.82, 2.24) is 10.2 Å². The molecule has 0 heterocycles. The van der Waals surface area contributed by atoms with Crippen molar-refractivity contribution in [2.24, 2.45) is 0 Å². The van der Waals surface area contributed by atoms with Crippen LogP contribution in [0.4, 0.5) is 10.1 Å². The Morgan fingerprint density at radius 2 is 1.77 bits per heavy atom. The summed E-state index contributed by atoms with van der Waals surface area (Å²) < 4.78 is 45.0. The van der Waals surface area contributed by atoms with Gasteiger partial charge < -0.3 is 15.0 Å². The Balaban J connectivity index is 2.45. The van der Waals surface area contributed by atoms with Crippen LogP contribution < -0.4 is 14.4 Å². The van der Waals surface area contributed by atoms with Crippen LogP contribution >= 0.6 is 0 Å². The number of benzene rings is 2. The lowest BCUT2D eigenvalue weighted by atomic mass is 10.1. The molecule has 0 radical (unpaired) electrons. The highest BCUT2D eigenvalue weighted by Crippen LogP contribution is 2.21. The highest BCUT2D eigenvalue weighted by molar-refractivity contribution is 7.92. The lowest BCUT2D eigenvalue weighted by Gasteiger charge is -2.33. The maximum absolute atomic E-state index is 13.8. The Labute approximate surface area is 207 Å². The third-order valence-corrected chi connectivity index (χ3v) is 6.79. The number of nitrogens with zero attached hydrogens (tertiary/aromatic N) is 2. The minimum Gasteiger partial charge on any atom is -0.497 e. The van der Waals surface area contributed by atoms with Crippen LogP contribution in [0.5, 0.6) is 5.75 Å². The van der Waals surface area contributed by atoms with Crippen LogP contribution in [0.3, 0.4) is 0 Å². The molecule has 0 aliphatic carbocycles. The number of carbonyl (C=O) groups is 2. The molecule has 2 atom stereocenters. The Kier molecular flexibility index (Phi) is 10.1. The first-order valence-corrected chi connectivity index (χ1v) is 13.3. The normalized spacial score (nSPS) is 13.0. The third kappa shape index (κ3) is 7.95. The average Bonchev–Trinajstić information content (AvgIpc) is 2.81. The Bertz CT molecular complexity index is 1130. The van der Waals surface area contributed by atoms with Crippen molar-refractivity contribution in [2.75, 3.05) is 24.2 Å². The summed E-state index contributed by atoms with van der Waals surface area (Å²) >= 11 is 0. The summed E-state index contributed by atoms with van der Waals surface area (Å²) in [6, 6.07) is 11.2. The summed E-state index contributed by atoms with van der Waals surface area (Å²) in [7, 11) is -2.40. The number of nitrogens with one attached hydrogen (secondary N) is 1. The Morgan fingerprint density at radius 3 is 2.34 bits per heavy atom. The summed E-state index contributed by atoms with van der Waals surface area (Å²) in [6.45, 7) is 5.07. The number of hydrogen-bond acceptors (Lipinski definition) is 5. The van der Waals surface area contributed by atoms with Crippen molar-refractivity contribution in [2.45, 2.75) is 52.2 Å². The van der Waals surface area contributed by atoms with Gasteiger partial charge in [0.05, 0.1) is 19.1 Å². The summed E-state index contributed by atoms with van der Waals surface area (Å²) in [5, 5.41) is 2.91. The van der Waals surface area contributed by atoms with E-state index < -0.39 is 34.3 Å². The molecule has 35 heavy (non-hydrogen) atoms. The molecule has 2 amide bonds. The largest absolute Gasteiger partial charge is 0.497 e. The summed E-state index contributed by atoms with van der Waals surface area (Å²) in [5.74, 6) is -0.954. The van der Waals surface area contributed by atoms with Crippen LogP contribution in [-0.2, 0) is 26.2 Å². The highest BCUT2D eigenvalue weighted by atomic mass is 32.2. The summed E-state index contributed by atoms with van der Waals surface area (Å²) in [6.07, 6.45) is 1.98. The molecule has 2 rings (SSSR count). The number of rotatable bonds is 12. The van der Waals surface area contributed by atoms with Gasteiger partial charge in [-0.25, -0.2) is 12.8 Å². The fourth-order valence-corrected chi connectivity index (χ4v) is 4.41. The maximum atomic E-state index is 13.8. The fourth-order valence-electron chi connectivity index (χ4n) is 3.57. The lowest BCUT2D eigenvalue weighted by molar-refractivity contribution is -0.140. The molecular formula is C25H34FN3O5S. The van der Waals surface area contributed by atoms with Gasteiger partial charge in [-0.3, -0.25) is 13.9 Å². The van der Waals surface area contributed by atoms with Crippen LogP contribution in [-0.4, -0.2) is 57.1 Å². The van der Waals surface area contributed by atoms with E-state index in [1.807, 2.05) is 13.8 Å². The van der Waals surface area contributed by atoms with Gasteiger partial charge in [-0.15, -0.1) is 0 Å². The van der Waals surface area contributed by atoms with Crippen molar-refractivity contribution in [3.8, 4) is 5.75 Å². The molecule has 192 valence electrons. The van der Waals surface area contributed by atoms with Gasteiger partial charge in [-0.05, 0) is 55.7 Å². The highest BCUT2D eigenvalue weighted by Gasteiger charge is 2.32. The van der Waals surface area contributed by atoms with E-state index in [4.69, 9.17) is 4.74 Å². The quantitative estimate of drug-likeness (QED) is 0.476. The van der Waals surface area contributed by atoms with E-state index in [0.717, 1.165) is 16.6 Å². The molecule has 2 aromatic rings. The van der Waals surface area contributed by atoms with Crippen LogP contribution in [0.15, 0.2) is 48.5 Å². The lowest BCUT2D eigenvalue weighted by Crippen LogP contribution is -2.53. The molecule has 0 aliphatic heterocycles. The number of sulfonamides is 1. The van der Waals surface area contributed by atoms with E-state index in [9.17, 15) is 22.4 Å². The number of anilines is 1. The van der Waals surface area contributed by atoms with Gasteiger partial charge in [-0.2, -0.15) is 0 Å². The predicted molar refractivity (Wildman–Crippen MR) is 134 cm³/mol. The van der Waals surface area contributed by atoms with E-state index >= 15 is 0 Å². The smallest absolute Gasteiger partial charge is 0.244 e. The van der Waals surface area contributed by atoms with E-state index in [-0.39, 0.29) is 24.2 Å². The number of ether oxygens (including phenoxy) is 1. The Morgan fingerprint density at radius 1 is 1.09 bits per heavy atom. The van der Waals surface area contributed by atoms with Crippen LogP contribution in [0.2, 0.25) is 0 Å². The molecule has 0 bridgehead atoms. The molecule has 2 unspecified atom stereocenters. The van der Waals surface area contributed by atoms with E-state index in [1.54, 1.807) is 31.2 Å². The monoisotopic (exact) mass is 507 g/mol. The van der Waals surface area contributed by atoms with Gasteiger partial charge in [0.25, 0.3) is 0 Å². The molecule has 0 saturated heterocycles. The average molecular weight is 508 g/mol. The van der Waals surface area contributed by atoms with Crippen LogP contribution in [0.25, 0.3) is 0 Å². The van der Waals surface area contributed by atoms with Crippen LogP contribution in [0.1, 0.15) is 39.2 Å². The summed E-state index contributed by atoms with van der Waals surface area (Å²) in [4.78, 5) is 28.0. The molecule has 1 N–H and O–H groups in total. The van der Waals surface area contributed by atoms with E-state index in [0.29, 0.717) is 24.2 Å². The maximum Gasteiger partial charge on any atom is 0.244 e.